The summed E-state index contributed by atoms with van der Waals surface area (Å²) in [6, 6.07) is 0.323. The molecule has 1 saturated carbocycles. The Kier molecular flexibility index (Phi) is 3.50. The van der Waals surface area contributed by atoms with Crippen molar-refractivity contribution in [2.45, 2.75) is 31.7 Å². The Morgan fingerprint density at radius 2 is 1.93 bits per heavy atom. The highest BCUT2D eigenvalue weighted by molar-refractivity contribution is 6.11. The number of hydrogen-bond donors (Lipinski definition) is 4. The minimum absolute atomic E-state index is 0.0527. The van der Waals surface area contributed by atoms with Crippen LogP contribution in [0.2, 0.25) is 0 Å². The molecule has 5 heteroatoms. The molecule has 1 fully saturated rings. The fourth-order valence-corrected chi connectivity index (χ4v) is 1.65. The van der Waals surface area contributed by atoms with Crippen molar-refractivity contribution in [3.05, 3.63) is 11.4 Å². The van der Waals surface area contributed by atoms with E-state index in [1.165, 1.54) is 12.8 Å². The largest absolute Gasteiger partial charge is 0.385 e. The maximum Gasteiger partial charge on any atom is 0.253 e. The van der Waals surface area contributed by atoms with E-state index in [2.05, 4.69) is 5.32 Å². The lowest BCUT2D eigenvalue weighted by atomic mass is 10.2. The first kappa shape index (κ1) is 10.6. The average Bonchev–Trinajstić information content (AvgIpc) is 2.57. The van der Waals surface area contributed by atoms with Crippen LogP contribution in [0.25, 0.3) is 0 Å². The van der Waals surface area contributed by atoms with Crippen molar-refractivity contribution in [3.8, 4) is 0 Å². The first-order valence-corrected chi connectivity index (χ1v) is 4.71. The fourth-order valence-electron chi connectivity index (χ4n) is 1.65. The maximum atomic E-state index is 10.8. The van der Waals surface area contributed by atoms with Crippen LogP contribution in [-0.2, 0) is 4.79 Å². The SMILES string of the molecule is N=C/C(C(N)=O)=C(\N)NC1CCCC1. The Bertz CT molecular complexity index is 266. The summed E-state index contributed by atoms with van der Waals surface area (Å²) in [6.45, 7) is 0. The van der Waals surface area contributed by atoms with E-state index in [0.717, 1.165) is 19.1 Å². The van der Waals surface area contributed by atoms with Gasteiger partial charge in [0, 0.05) is 12.3 Å². The van der Waals surface area contributed by atoms with Gasteiger partial charge < -0.3 is 22.2 Å². The van der Waals surface area contributed by atoms with E-state index in [9.17, 15) is 4.79 Å². The summed E-state index contributed by atoms with van der Waals surface area (Å²) in [4.78, 5) is 10.8. The van der Waals surface area contributed by atoms with Gasteiger partial charge in [0.15, 0.2) is 0 Å². The van der Waals surface area contributed by atoms with Crippen molar-refractivity contribution in [3.63, 3.8) is 0 Å². The van der Waals surface area contributed by atoms with Gasteiger partial charge in [0.2, 0.25) is 0 Å². The first-order valence-electron chi connectivity index (χ1n) is 4.71. The van der Waals surface area contributed by atoms with Gasteiger partial charge in [-0.15, -0.1) is 0 Å². The van der Waals surface area contributed by atoms with Crippen molar-refractivity contribution in [1.29, 1.82) is 5.41 Å². The number of carbonyl (C=O) groups is 1. The van der Waals surface area contributed by atoms with E-state index in [4.69, 9.17) is 16.9 Å². The molecule has 0 heterocycles. The molecule has 0 atom stereocenters. The number of nitrogens with two attached hydrogens (primary N) is 2. The second-order valence-corrected chi connectivity index (χ2v) is 3.46. The number of rotatable bonds is 4. The molecular formula is C9H16N4O. The van der Waals surface area contributed by atoms with Crippen LogP contribution in [0.15, 0.2) is 11.4 Å². The van der Waals surface area contributed by atoms with Crippen molar-refractivity contribution in [1.82, 2.24) is 5.32 Å². The van der Waals surface area contributed by atoms with E-state index >= 15 is 0 Å². The van der Waals surface area contributed by atoms with Crippen molar-refractivity contribution < 1.29 is 4.79 Å². The van der Waals surface area contributed by atoms with Gasteiger partial charge in [-0.25, -0.2) is 0 Å². The topological polar surface area (TPSA) is 105 Å². The Morgan fingerprint density at radius 3 is 2.36 bits per heavy atom. The van der Waals surface area contributed by atoms with E-state index in [1.807, 2.05) is 0 Å². The highest BCUT2D eigenvalue weighted by atomic mass is 16.1. The zero-order valence-electron chi connectivity index (χ0n) is 8.05. The zero-order chi connectivity index (χ0) is 10.6. The van der Waals surface area contributed by atoms with E-state index in [1.54, 1.807) is 0 Å². The van der Waals surface area contributed by atoms with Crippen LogP contribution in [0.5, 0.6) is 0 Å². The third kappa shape index (κ3) is 2.48. The maximum absolute atomic E-state index is 10.8. The molecule has 1 rings (SSSR count). The number of carbonyl (C=O) groups excluding carboxylic acids is 1. The second kappa shape index (κ2) is 4.64. The van der Waals surface area contributed by atoms with Crippen LogP contribution in [0.4, 0.5) is 0 Å². The summed E-state index contributed by atoms with van der Waals surface area (Å²) in [5.74, 6) is -0.442. The predicted molar refractivity (Wildman–Crippen MR) is 54.6 cm³/mol. The van der Waals surface area contributed by atoms with Crippen molar-refractivity contribution in [2.75, 3.05) is 0 Å². The lowest BCUT2D eigenvalue weighted by Crippen LogP contribution is -2.33. The molecule has 0 spiro atoms. The van der Waals surface area contributed by atoms with Crippen molar-refractivity contribution in [2.24, 2.45) is 11.5 Å². The quantitative estimate of drug-likeness (QED) is 0.370. The third-order valence-electron chi connectivity index (χ3n) is 2.41. The lowest BCUT2D eigenvalue weighted by molar-refractivity contribution is -0.114. The molecular weight excluding hydrogens is 180 g/mol. The number of primary amides is 1. The van der Waals surface area contributed by atoms with Gasteiger partial charge in [-0.2, -0.15) is 0 Å². The minimum Gasteiger partial charge on any atom is -0.385 e. The second-order valence-electron chi connectivity index (χ2n) is 3.46. The molecule has 0 radical (unpaired) electrons. The molecule has 0 saturated heterocycles. The van der Waals surface area contributed by atoms with Crippen LogP contribution >= 0.6 is 0 Å². The summed E-state index contributed by atoms with van der Waals surface area (Å²) < 4.78 is 0. The Labute approximate surface area is 83.0 Å². The summed E-state index contributed by atoms with van der Waals surface area (Å²) >= 11 is 0. The van der Waals surface area contributed by atoms with Gasteiger partial charge in [-0.3, -0.25) is 4.79 Å². The van der Waals surface area contributed by atoms with Crippen LogP contribution in [0, 0.1) is 5.41 Å². The summed E-state index contributed by atoms with van der Waals surface area (Å²) in [5, 5.41) is 10.0. The highest BCUT2D eigenvalue weighted by Gasteiger charge is 2.16. The van der Waals surface area contributed by atoms with Gasteiger partial charge in [-0.05, 0) is 12.8 Å². The minimum atomic E-state index is -0.664. The Hall–Kier alpha value is -1.52. The van der Waals surface area contributed by atoms with E-state index < -0.39 is 5.91 Å². The molecule has 0 unspecified atom stereocenters. The first-order chi connectivity index (χ1) is 6.65. The average molecular weight is 196 g/mol. The van der Waals surface area contributed by atoms with Gasteiger partial charge in [0.1, 0.15) is 5.82 Å². The Balaban J connectivity index is 2.64. The predicted octanol–water partition coefficient (Wildman–Crippen LogP) is -0.176. The monoisotopic (exact) mass is 196 g/mol. The number of nitrogens with one attached hydrogen (secondary N) is 2. The molecule has 1 aliphatic rings. The molecule has 78 valence electrons. The van der Waals surface area contributed by atoms with Crippen molar-refractivity contribution >= 4 is 12.1 Å². The molecule has 6 N–H and O–H groups in total. The molecule has 1 aliphatic carbocycles. The summed E-state index contributed by atoms with van der Waals surface area (Å²) in [5.41, 5.74) is 10.7. The number of amides is 1. The van der Waals surface area contributed by atoms with Gasteiger partial charge in [0.05, 0.1) is 5.57 Å². The third-order valence-corrected chi connectivity index (χ3v) is 2.41. The number of hydrogen-bond acceptors (Lipinski definition) is 4. The Morgan fingerprint density at radius 1 is 1.36 bits per heavy atom. The van der Waals surface area contributed by atoms with Crippen LogP contribution < -0.4 is 16.8 Å². The van der Waals surface area contributed by atoms with Crippen LogP contribution in [0.1, 0.15) is 25.7 Å². The van der Waals surface area contributed by atoms with Gasteiger partial charge >= 0.3 is 0 Å². The smallest absolute Gasteiger partial charge is 0.253 e. The molecule has 0 aromatic heterocycles. The standard InChI is InChI=1S/C9H16N4O/c10-5-7(9(12)14)8(11)13-6-3-1-2-4-6/h5-6,10,13H,1-4,11H2,(H2,12,14)/b8-7-,10-5?. The molecule has 0 aliphatic heterocycles. The molecule has 0 aromatic rings. The molecule has 5 nitrogen and oxygen atoms in total. The molecule has 14 heavy (non-hydrogen) atoms. The lowest BCUT2D eigenvalue weighted by Gasteiger charge is -2.14. The van der Waals surface area contributed by atoms with E-state index in [-0.39, 0.29) is 11.4 Å². The summed E-state index contributed by atoms with van der Waals surface area (Å²) in [7, 11) is 0. The van der Waals surface area contributed by atoms with Gasteiger partial charge in [0.25, 0.3) is 5.91 Å². The summed E-state index contributed by atoms with van der Waals surface area (Å²) in [6.07, 6.45) is 5.37. The molecule has 0 bridgehead atoms. The molecule has 1 amide bonds. The zero-order valence-corrected chi connectivity index (χ0v) is 8.05. The fraction of sp³-hybridized carbons (Fsp3) is 0.556. The van der Waals surface area contributed by atoms with Crippen LogP contribution in [0.3, 0.4) is 0 Å². The highest BCUT2D eigenvalue weighted by Crippen LogP contribution is 2.18. The van der Waals surface area contributed by atoms with Gasteiger partial charge in [-0.1, -0.05) is 12.8 Å². The van der Waals surface area contributed by atoms with Crippen LogP contribution in [-0.4, -0.2) is 18.2 Å². The van der Waals surface area contributed by atoms with E-state index in [0.29, 0.717) is 6.04 Å². The molecule has 0 aromatic carbocycles. The normalized spacial score (nSPS) is 18.9.